The van der Waals surface area contributed by atoms with Crippen LogP contribution >= 0.6 is 0 Å². The number of aliphatic hydroxyl groups excluding tert-OH is 1. The van der Waals surface area contributed by atoms with Gasteiger partial charge in [0, 0.05) is 6.61 Å². The minimum atomic E-state index is 0.322. The molecular weight excluding hydrogens is 236 g/mol. The third kappa shape index (κ3) is 4.05. The maximum atomic E-state index is 8.88. The highest BCUT2D eigenvalue weighted by atomic mass is 16.5. The summed E-state index contributed by atoms with van der Waals surface area (Å²) in [6.07, 6.45) is 9.31. The summed E-state index contributed by atoms with van der Waals surface area (Å²) in [5.41, 5.74) is 2.05. The van der Waals surface area contributed by atoms with E-state index in [1.807, 2.05) is 0 Å². The molecule has 0 spiro atoms. The SMILES string of the molecule is C=CCOCC=C.CC1(C)C2CC=C(CCO)C1C2. The van der Waals surface area contributed by atoms with E-state index in [4.69, 9.17) is 9.84 Å². The van der Waals surface area contributed by atoms with E-state index in [2.05, 4.69) is 33.1 Å². The van der Waals surface area contributed by atoms with Gasteiger partial charge >= 0.3 is 0 Å². The zero-order valence-electron chi connectivity index (χ0n) is 12.4. The Morgan fingerprint density at radius 2 is 2.00 bits per heavy atom. The van der Waals surface area contributed by atoms with Crippen LogP contribution in [0.4, 0.5) is 0 Å². The lowest BCUT2D eigenvalue weighted by Gasteiger charge is -2.56. The Morgan fingerprint density at radius 1 is 1.37 bits per heavy atom. The quantitative estimate of drug-likeness (QED) is 0.585. The number of aliphatic hydroxyl groups is 1. The van der Waals surface area contributed by atoms with Crippen LogP contribution in [0.3, 0.4) is 0 Å². The van der Waals surface area contributed by atoms with Crippen molar-refractivity contribution in [3.8, 4) is 0 Å². The minimum absolute atomic E-state index is 0.322. The first kappa shape index (κ1) is 16.2. The number of fused-ring (bicyclic) bond motifs is 1. The largest absolute Gasteiger partial charge is 0.396 e. The third-order valence-corrected chi connectivity index (χ3v) is 4.45. The molecule has 0 aliphatic heterocycles. The van der Waals surface area contributed by atoms with E-state index in [1.54, 1.807) is 12.2 Å². The number of hydrogen-bond acceptors (Lipinski definition) is 2. The molecule has 0 saturated heterocycles. The van der Waals surface area contributed by atoms with Crippen LogP contribution in [0.25, 0.3) is 0 Å². The van der Waals surface area contributed by atoms with Crippen molar-refractivity contribution in [2.24, 2.45) is 17.3 Å². The minimum Gasteiger partial charge on any atom is -0.396 e. The molecule has 1 N–H and O–H groups in total. The van der Waals surface area contributed by atoms with Crippen molar-refractivity contribution in [3.05, 3.63) is 37.0 Å². The van der Waals surface area contributed by atoms with Crippen molar-refractivity contribution in [1.82, 2.24) is 0 Å². The molecule has 19 heavy (non-hydrogen) atoms. The Kier molecular flexibility index (Phi) is 6.53. The molecule has 2 bridgehead atoms. The average molecular weight is 264 g/mol. The maximum absolute atomic E-state index is 8.88. The first-order valence-electron chi connectivity index (χ1n) is 7.17. The second-order valence-corrected chi connectivity index (χ2v) is 5.91. The molecule has 2 unspecified atom stereocenters. The first-order valence-corrected chi connectivity index (χ1v) is 7.17. The van der Waals surface area contributed by atoms with Crippen LogP contribution in [0.15, 0.2) is 37.0 Å². The smallest absolute Gasteiger partial charge is 0.0649 e. The summed E-state index contributed by atoms with van der Waals surface area (Å²) in [5.74, 6) is 1.70. The summed E-state index contributed by atoms with van der Waals surface area (Å²) in [5, 5.41) is 8.88. The molecule has 0 amide bonds. The van der Waals surface area contributed by atoms with E-state index < -0.39 is 0 Å². The van der Waals surface area contributed by atoms with Crippen molar-refractivity contribution in [1.29, 1.82) is 0 Å². The highest BCUT2D eigenvalue weighted by molar-refractivity contribution is 5.23. The van der Waals surface area contributed by atoms with Crippen LogP contribution in [0, 0.1) is 17.3 Å². The Morgan fingerprint density at radius 3 is 2.42 bits per heavy atom. The fraction of sp³-hybridized carbons (Fsp3) is 0.647. The highest BCUT2D eigenvalue weighted by Crippen LogP contribution is 2.59. The summed E-state index contributed by atoms with van der Waals surface area (Å²) in [7, 11) is 0. The second kappa shape index (κ2) is 7.66. The molecule has 0 radical (unpaired) electrons. The zero-order chi connectivity index (χ0) is 14.3. The standard InChI is InChI=1S/C11H18O.C6H10O/c1-11(2)9-4-3-8(5-6-12)10(11)7-9;1-3-5-7-6-4-2/h3,9-10,12H,4-7H2,1-2H3;3-4H,1-2,5-6H2. The predicted octanol–water partition coefficient (Wildman–Crippen LogP) is 3.74. The summed E-state index contributed by atoms with van der Waals surface area (Å²) >= 11 is 0. The van der Waals surface area contributed by atoms with Gasteiger partial charge in [0.15, 0.2) is 0 Å². The van der Waals surface area contributed by atoms with E-state index in [-0.39, 0.29) is 0 Å². The van der Waals surface area contributed by atoms with Crippen LogP contribution in [0.5, 0.6) is 0 Å². The first-order chi connectivity index (χ1) is 9.07. The summed E-state index contributed by atoms with van der Waals surface area (Å²) < 4.78 is 4.90. The molecule has 1 saturated carbocycles. The van der Waals surface area contributed by atoms with E-state index in [1.165, 1.54) is 18.4 Å². The van der Waals surface area contributed by atoms with Gasteiger partial charge in [0.1, 0.15) is 0 Å². The normalized spacial score (nSPS) is 26.4. The molecule has 3 aliphatic rings. The van der Waals surface area contributed by atoms with Crippen molar-refractivity contribution >= 4 is 0 Å². The van der Waals surface area contributed by atoms with Crippen LogP contribution < -0.4 is 0 Å². The molecule has 0 aromatic heterocycles. The lowest BCUT2D eigenvalue weighted by molar-refractivity contribution is -0.00943. The molecule has 0 aromatic rings. The van der Waals surface area contributed by atoms with Gasteiger partial charge in [0.2, 0.25) is 0 Å². The predicted molar refractivity (Wildman–Crippen MR) is 81.0 cm³/mol. The van der Waals surface area contributed by atoms with Gasteiger partial charge in [0.25, 0.3) is 0 Å². The number of rotatable bonds is 6. The number of hydrogen-bond donors (Lipinski definition) is 1. The van der Waals surface area contributed by atoms with E-state index >= 15 is 0 Å². The Hall–Kier alpha value is -0.860. The molecule has 3 aliphatic carbocycles. The molecule has 2 atom stereocenters. The monoisotopic (exact) mass is 264 g/mol. The van der Waals surface area contributed by atoms with Gasteiger partial charge < -0.3 is 9.84 Å². The van der Waals surface area contributed by atoms with Gasteiger partial charge in [-0.15, -0.1) is 13.2 Å². The van der Waals surface area contributed by atoms with Crippen LogP contribution in [0.1, 0.15) is 33.1 Å². The molecule has 0 aromatic carbocycles. The van der Waals surface area contributed by atoms with Crippen molar-refractivity contribution in [2.75, 3.05) is 19.8 Å². The summed E-state index contributed by atoms with van der Waals surface area (Å²) in [4.78, 5) is 0. The molecule has 1 fully saturated rings. The summed E-state index contributed by atoms with van der Waals surface area (Å²) in [6.45, 7) is 13.2. The molecule has 3 rings (SSSR count). The summed E-state index contributed by atoms with van der Waals surface area (Å²) in [6, 6.07) is 0. The van der Waals surface area contributed by atoms with Gasteiger partial charge in [-0.3, -0.25) is 0 Å². The fourth-order valence-corrected chi connectivity index (χ4v) is 3.12. The fourth-order valence-electron chi connectivity index (χ4n) is 3.12. The van der Waals surface area contributed by atoms with Gasteiger partial charge in [-0.25, -0.2) is 0 Å². The number of allylic oxidation sites excluding steroid dienone is 1. The molecule has 108 valence electrons. The molecule has 0 heterocycles. The molecular formula is C17H28O2. The van der Waals surface area contributed by atoms with Crippen LogP contribution in [-0.4, -0.2) is 24.9 Å². The van der Waals surface area contributed by atoms with Crippen molar-refractivity contribution < 1.29 is 9.84 Å². The van der Waals surface area contributed by atoms with Gasteiger partial charge in [0.05, 0.1) is 13.2 Å². The van der Waals surface area contributed by atoms with Crippen LogP contribution in [-0.2, 0) is 4.74 Å². The zero-order valence-corrected chi connectivity index (χ0v) is 12.4. The lowest BCUT2D eigenvalue weighted by atomic mass is 9.48. The van der Waals surface area contributed by atoms with Gasteiger partial charge in [-0.1, -0.05) is 37.6 Å². The Bertz CT molecular complexity index is 320. The average Bonchev–Trinajstić information content (AvgIpc) is 2.40. The van der Waals surface area contributed by atoms with E-state index in [0.29, 0.717) is 25.2 Å². The van der Waals surface area contributed by atoms with Crippen molar-refractivity contribution in [2.45, 2.75) is 33.1 Å². The Labute approximate surface area is 117 Å². The van der Waals surface area contributed by atoms with E-state index in [0.717, 1.165) is 18.3 Å². The topological polar surface area (TPSA) is 29.5 Å². The maximum Gasteiger partial charge on any atom is 0.0649 e. The molecule has 2 nitrogen and oxygen atoms in total. The third-order valence-electron chi connectivity index (χ3n) is 4.45. The van der Waals surface area contributed by atoms with Crippen LogP contribution in [0.2, 0.25) is 0 Å². The molecule has 2 heteroatoms. The highest BCUT2D eigenvalue weighted by Gasteiger charge is 2.50. The lowest BCUT2D eigenvalue weighted by Crippen LogP contribution is -2.48. The van der Waals surface area contributed by atoms with Gasteiger partial charge in [-0.2, -0.15) is 0 Å². The number of ether oxygens (including phenoxy) is 1. The Balaban J connectivity index is 0.000000224. The van der Waals surface area contributed by atoms with Gasteiger partial charge in [-0.05, 0) is 36.5 Å². The van der Waals surface area contributed by atoms with E-state index in [9.17, 15) is 0 Å². The second-order valence-electron chi connectivity index (χ2n) is 5.91. The van der Waals surface area contributed by atoms with Crippen molar-refractivity contribution in [3.63, 3.8) is 0 Å².